The number of pyridine rings is 1. The van der Waals surface area contributed by atoms with Crippen molar-refractivity contribution in [3.8, 4) is 0 Å². The molecule has 9 heteroatoms. The van der Waals surface area contributed by atoms with Gasteiger partial charge in [0.1, 0.15) is 9.77 Å². The topological polar surface area (TPSA) is 85.4 Å². The maximum atomic E-state index is 13.5. The summed E-state index contributed by atoms with van der Waals surface area (Å²) < 4.78 is 44.8. The monoisotopic (exact) mass is 330 g/mol. The molecule has 0 aromatic carbocycles. The summed E-state index contributed by atoms with van der Waals surface area (Å²) in [5, 5.41) is 1.51. The Morgan fingerprint density at radius 2 is 2.19 bits per heavy atom. The van der Waals surface area contributed by atoms with Gasteiger partial charge in [-0.15, -0.1) is 11.3 Å². The number of carbonyl (C=O) groups is 1. The summed E-state index contributed by atoms with van der Waals surface area (Å²) in [6, 6.07) is 2.41. The maximum absolute atomic E-state index is 13.5. The average molecular weight is 330 g/mol. The lowest BCUT2D eigenvalue weighted by molar-refractivity contribution is 0.0602. The van der Waals surface area contributed by atoms with Crippen LogP contribution in [0.15, 0.2) is 28.6 Å². The summed E-state index contributed by atoms with van der Waals surface area (Å²) in [6.45, 7) is 1.53. The number of sulfonamides is 1. The number of anilines is 1. The third kappa shape index (κ3) is 3.03. The van der Waals surface area contributed by atoms with Crippen LogP contribution >= 0.6 is 11.3 Å². The smallest absolute Gasteiger partial charge is 0.349 e. The van der Waals surface area contributed by atoms with Gasteiger partial charge in [0.2, 0.25) is 0 Å². The van der Waals surface area contributed by atoms with E-state index in [1.807, 2.05) is 4.72 Å². The van der Waals surface area contributed by atoms with E-state index in [1.54, 1.807) is 0 Å². The second-order valence-corrected chi connectivity index (χ2v) is 6.51. The highest BCUT2D eigenvalue weighted by Gasteiger charge is 2.28. The number of esters is 1. The van der Waals surface area contributed by atoms with Gasteiger partial charge in [0.25, 0.3) is 10.0 Å². The largest absolute Gasteiger partial charge is 0.465 e. The van der Waals surface area contributed by atoms with Gasteiger partial charge in [-0.05, 0) is 30.0 Å². The van der Waals surface area contributed by atoms with Crippen LogP contribution in [-0.2, 0) is 14.8 Å². The zero-order valence-electron chi connectivity index (χ0n) is 11.1. The molecule has 0 saturated heterocycles. The molecule has 0 unspecified atom stereocenters. The number of carbonyl (C=O) groups excluding carboxylic acids is 1. The molecule has 2 rings (SSSR count). The number of nitrogens with one attached hydrogen (secondary N) is 1. The van der Waals surface area contributed by atoms with Crippen LogP contribution in [0, 0.1) is 12.7 Å². The van der Waals surface area contributed by atoms with Crippen LogP contribution in [0.2, 0.25) is 0 Å². The molecule has 0 aliphatic heterocycles. The van der Waals surface area contributed by atoms with Crippen molar-refractivity contribution in [1.29, 1.82) is 0 Å². The molecule has 112 valence electrons. The van der Waals surface area contributed by atoms with Crippen molar-refractivity contribution in [3.05, 3.63) is 40.0 Å². The van der Waals surface area contributed by atoms with Crippen LogP contribution in [0.5, 0.6) is 0 Å². The molecule has 6 nitrogen and oxygen atoms in total. The number of aryl methyl sites for hydroxylation is 1. The molecule has 2 aromatic rings. The van der Waals surface area contributed by atoms with Crippen molar-refractivity contribution in [2.75, 3.05) is 11.8 Å². The summed E-state index contributed by atoms with van der Waals surface area (Å²) in [5.41, 5.74) is 0.365. The summed E-state index contributed by atoms with van der Waals surface area (Å²) in [5.74, 6) is -2.01. The Morgan fingerprint density at radius 3 is 2.81 bits per heavy atom. The molecule has 21 heavy (non-hydrogen) atoms. The number of nitrogens with zero attached hydrogens (tertiary/aromatic N) is 1. The molecule has 2 heterocycles. The van der Waals surface area contributed by atoms with Crippen LogP contribution in [0.4, 0.5) is 10.2 Å². The van der Waals surface area contributed by atoms with Crippen LogP contribution in [0.25, 0.3) is 0 Å². The van der Waals surface area contributed by atoms with Gasteiger partial charge in [-0.1, -0.05) is 0 Å². The molecule has 0 saturated carbocycles. The van der Waals surface area contributed by atoms with Crippen molar-refractivity contribution in [3.63, 3.8) is 0 Å². The molecular formula is C12H11FN2O4S2. The van der Waals surface area contributed by atoms with Gasteiger partial charge in [0.05, 0.1) is 7.11 Å². The first-order valence-electron chi connectivity index (χ1n) is 5.66. The minimum absolute atomic E-state index is 0.0705. The number of hydrogen-bond donors (Lipinski definition) is 1. The van der Waals surface area contributed by atoms with E-state index in [0.29, 0.717) is 5.56 Å². The van der Waals surface area contributed by atoms with Crippen LogP contribution in [-0.4, -0.2) is 26.5 Å². The fourth-order valence-corrected chi connectivity index (χ4v) is 4.37. The molecular weight excluding hydrogens is 319 g/mol. The predicted octanol–water partition coefficient (Wildman–Crippen LogP) is 2.18. The quantitative estimate of drug-likeness (QED) is 0.869. The van der Waals surface area contributed by atoms with Gasteiger partial charge in [-0.2, -0.15) is 0 Å². The Morgan fingerprint density at radius 1 is 1.48 bits per heavy atom. The summed E-state index contributed by atoms with van der Waals surface area (Å²) in [4.78, 5) is 14.9. The van der Waals surface area contributed by atoms with Crippen LogP contribution in [0.1, 0.15) is 15.2 Å². The van der Waals surface area contributed by atoms with Crippen LogP contribution < -0.4 is 4.72 Å². The number of rotatable bonds is 4. The molecule has 0 aliphatic rings. The zero-order chi connectivity index (χ0) is 15.6. The van der Waals surface area contributed by atoms with Gasteiger partial charge >= 0.3 is 5.97 Å². The third-order valence-corrected chi connectivity index (χ3v) is 5.28. The van der Waals surface area contributed by atoms with Crippen molar-refractivity contribution < 1.29 is 22.3 Å². The number of halogens is 1. The Balaban J connectivity index is 2.48. The fraction of sp³-hybridized carbons (Fsp3) is 0.167. The lowest BCUT2D eigenvalue weighted by Gasteiger charge is -2.09. The highest BCUT2D eigenvalue weighted by Crippen LogP contribution is 2.29. The Hall–Kier alpha value is -2.00. The fourth-order valence-electron chi connectivity index (χ4n) is 1.64. The van der Waals surface area contributed by atoms with E-state index in [2.05, 4.69) is 9.72 Å². The molecule has 0 radical (unpaired) electrons. The number of thiophene rings is 1. The molecule has 0 amide bonds. The second-order valence-electron chi connectivity index (χ2n) is 4.01. The normalized spacial score (nSPS) is 11.2. The van der Waals surface area contributed by atoms with E-state index in [1.165, 1.54) is 24.6 Å². The first kappa shape index (κ1) is 15.4. The molecule has 0 bridgehead atoms. The van der Waals surface area contributed by atoms with E-state index in [9.17, 15) is 17.6 Å². The Kier molecular flexibility index (Phi) is 4.24. The lowest BCUT2D eigenvalue weighted by Crippen LogP contribution is -2.18. The minimum atomic E-state index is -4.15. The second kappa shape index (κ2) is 5.78. The van der Waals surface area contributed by atoms with Gasteiger partial charge < -0.3 is 4.74 Å². The molecule has 2 aromatic heterocycles. The van der Waals surface area contributed by atoms with E-state index < -0.39 is 27.6 Å². The first-order valence-corrected chi connectivity index (χ1v) is 8.03. The number of aromatic nitrogens is 1. The zero-order valence-corrected chi connectivity index (χ0v) is 12.7. The summed E-state index contributed by atoms with van der Waals surface area (Å²) in [7, 11) is -3.00. The van der Waals surface area contributed by atoms with Crippen molar-refractivity contribution in [2.24, 2.45) is 0 Å². The standard InChI is InChI=1S/C12H11FN2O4S2/c1-7-6-20-9(12(16)19-2)10(7)21(17,18)15-11-8(13)4-3-5-14-11/h3-6H,1-2H3,(H,14,15). The van der Waals surface area contributed by atoms with Gasteiger partial charge in [0.15, 0.2) is 11.6 Å². The third-order valence-electron chi connectivity index (χ3n) is 2.55. The van der Waals surface area contributed by atoms with Gasteiger partial charge in [-0.3, -0.25) is 4.72 Å². The van der Waals surface area contributed by atoms with Crippen molar-refractivity contribution in [1.82, 2.24) is 4.98 Å². The van der Waals surface area contributed by atoms with Crippen molar-refractivity contribution in [2.45, 2.75) is 11.8 Å². The van der Waals surface area contributed by atoms with E-state index in [-0.39, 0.29) is 9.77 Å². The first-order chi connectivity index (χ1) is 9.86. The Bertz CT molecular complexity index is 786. The number of hydrogen-bond acceptors (Lipinski definition) is 6. The highest BCUT2D eigenvalue weighted by molar-refractivity contribution is 7.93. The van der Waals surface area contributed by atoms with Gasteiger partial charge in [0, 0.05) is 6.20 Å². The average Bonchev–Trinajstić information content (AvgIpc) is 2.83. The molecule has 0 spiro atoms. The van der Waals surface area contributed by atoms with Gasteiger partial charge in [-0.25, -0.2) is 22.6 Å². The van der Waals surface area contributed by atoms with Crippen molar-refractivity contribution >= 4 is 33.1 Å². The predicted molar refractivity (Wildman–Crippen MR) is 75.4 cm³/mol. The summed E-state index contributed by atoms with van der Waals surface area (Å²) in [6.07, 6.45) is 1.25. The highest BCUT2D eigenvalue weighted by atomic mass is 32.2. The number of ether oxygens (including phenoxy) is 1. The molecule has 1 N–H and O–H groups in total. The lowest BCUT2D eigenvalue weighted by atomic mass is 10.3. The molecule has 0 aliphatic carbocycles. The van der Waals surface area contributed by atoms with E-state index in [4.69, 9.17) is 0 Å². The van der Waals surface area contributed by atoms with Crippen LogP contribution in [0.3, 0.4) is 0 Å². The molecule has 0 atom stereocenters. The number of methoxy groups -OCH3 is 1. The van der Waals surface area contributed by atoms with E-state index in [0.717, 1.165) is 24.5 Å². The maximum Gasteiger partial charge on any atom is 0.349 e. The van der Waals surface area contributed by atoms with E-state index >= 15 is 0 Å². The summed E-state index contributed by atoms with van der Waals surface area (Å²) >= 11 is 0.943. The Labute approximate surface area is 124 Å². The SMILES string of the molecule is COC(=O)c1scc(C)c1S(=O)(=O)Nc1ncccc1F. The molecule has 0 fully saturated rings. The minimum Gasteiger partial charge on any atom is -0.465 e.